The summed E-state index contributed by atoms with van der Waals surface area (Å²) < 4.78 is 5.30. The lowest BCUT2D eigenvalue weighted by atomic mass is 9.68. The van der Waals surface area contributed by atoms with Gasteiger partial charge >= 0.3 is 0 Å². The van der Waals surface area contributed by atoms with Crippen LogP contribution < -0.4 is 11.1 Å². The Hall–Kier alpha value is -0.610. The van der Waals surface area contributed by atoms with Gasteiger partial charge in [-0.25, -0.2) is 0 Å². The topological polar surface area (TPSA) is 64.4 Å². The highest BCUT2D eigenvalue weighted by Gasteiger charge is 2.60. The Kier molecular flexibility index (Phi) is 2.78. The summed E-state index contributed by atoms with van der Waals surface area (Å²) in [6.45, 7) is 7.85. The molecule has 19 heavy (non-hydrogen) atoms. The van der Waals surface area contributed by atoms with Crippen LogP contribution in [0, 0.1) is 16.7 Å². The molecule has 2 aliphatic carbocycles. The molecule has 2 saturated carbocycles. The molecular formula is C15H26N2O2. The first-order chi connectivity index (χ1) is 8.78. The van der Waals surface area contributed by atoms with Crippen LogP contribution in [-0.2, 0) is 9.53 Å². The Morgan fingerprint density at radius 2 is 2.05 bits per heavy atom. The van der Waals surface area contributed by atoms with Crippen LogP contribution >= 0.6 is 0 Å². The first-order valence-corrected chi connectivity index (χ1v) is 7.46. The number of fused-ring (bicyclic) bond motifs is 2. The van der Waals surface area contributed by atoms with Crippen molar-refractivity contribution >= 4 is 5.91 Å². The molecule has 1 amide bonds. The van der Waals surface area contributed by atoms with E-state index in [-0.39, 0.29) is 22.8 Å². The Morgan fingerprint density at radius 3 is 2.58 bits per heavy atom. The molecule has 4 nitrogen and oxygen atoms in total. The summed E-state index contributed by atoms with van der Waals surface area (Å²) >= 11 is 0. The summed E-state index contributed by atoms with van der Waals surface area (Å²) in [6.07, 6.45) is 4.39. The van der Waals surface area contributed by atoms with E-state index in [0.29, 0.717) is 19.6 Å². The van der Waals surface area contributed by atoms with Crippen molar-refractivity contribution in [3.05, 3.63) is 0 Å². The van der Waals surface area contributed by atoms with Crippen molar-refractivity contribution in [3.8, 4) is 0 Å². The van der Waals surface area contributed by atoms with E-state index in [9.17, 15) is 4.79 Å². The Balaban J connectivity index is 1.78. The molecule has 0 spiro atoms. The summed E-state index contributed by atoms with van der Waals surface area (Å²) in [6, 6.07) is 0.243. The maximum absolute atomic E-state index is 12.5. The molecule has 3 rings (SSSR count). The number of carbonyl (C=O) groups is 1. The van der Waals surface area contributed by atoms with Gasteiger partial charge in [-0.1, -0.05) is 20.8 Å². The highest BCUT2D eigenvalue weighted by atomic mass is 16.5. The van der Waals surface area contributed by atoms with E-state index in [0.717, 1.165) is 5.92 Å². The van der Waals surface area contributed by atoms with E-state index in [1.54, 1.807) is 0 Å². The predicted molar refractivity (Wildman–Crippen MR) is 73.5 cm³/mol. The van der Waals surface area contributed by atoms with E-state index in [1.165, 1.54) is 19.3 Å². The number of rotatable bonds is 2. The maximum Gasteiger partial charge on any atom is 0.242 e. The number of carbonyl (C=O) groups excluding carboxylic acids is 1. The van der Waals surface area contributed by atoms with Crippen LogP contribution in [0.15, 0.2) is 0 Å². The summed E-state index contributed by atoms with van der Waals surface area (Å²) in [5.41, 5.74) is 5.79. The van der Waals surface area contributed by atoms with Crippen LogP contribution in [0.4, 0.5) is 0 Å². The van der Waals surface area contributed by atoms with Crippen LogP contribution in [0.2, 0.25) is 0 Å². The number of hydrogen-bond acceptors (Lipinski definition) is 3. The zero-order valence-corrected chi connectivity index (χ0v) is 12.3. The van der Waals surface area contributed by atoms with Gasteiger partial charge in [0, 0.05) is 12.6 Å². The van der Waals surface area contributed by atoms with Crippen molar-refractivity contribution in [2.45, 2.75) is 58.0 Å². The largest absolute Gasteiger partial charge is 0.379 e. The third-order valence-electron chi connectivity index (χ3n) is 6.05. The molecule has 0 radical (unpaired) electrons. The van der Waals surface area contributed by atoms with E-state index in [1.807, 2.05) is 0 Å². The lowest BCUT2D eigenvalue weighted by molar-refractivity contribution is -0.129. The van der Waals surface area contributed by atoms with Gasteiger partial charge in [0.15, 0.2) is 0 Å². The van der Waals surface area contributed by atoms with E-state index in [2.05, 4.69) is 26.1 Å². The minimum atomic E-state index is -0.811. The molecule has 108 valence electrons. The monoisotopic (exact) mass is 266 g/mol. The van der Waals surface area contributed by atoms with Crippen molar-refractivity contribution in [2.24, 2.45) is 22.5 Å². The average molecular weight is 266 g/mol. The zero-order valence-electron chi connectivity index (χ0n) is 12.3. The molecule has 4 unspecified atom stereocenters. The van der Waals surface area contributed by atoms with Gasteiger partial charge in [-0.3, -0.25) is 4.79 Å². The fraction of sp³-hybridized carbons (Fsp3) is 0.933. The van der Waals surface area contributed by atoms with Crippen molar-refractivity contribution < 1.29 is 9.53 Å². The molecule has 2 bridgehead atoms. The summed E-state index contributed by atoms with van der Waals surface area (Å²) in [7, 11) is 0. The maximum atomic E-state index is 12.5. The smallest absolute Gasteiger partial charge is 0.242 e. The van der Waals surface area contributed by atoms with Gasteiger partial charge in [0.05, 0.1) is 6.61 Å². The highest BCUT2D eigenvalue weighted by Crippen LogP contribution is 2.62. The van der Waals surface area contributed by atoms with Crippen LogP contribution in [0.25, 0.3) is 0 Å². The van der Waals surface area contributed by atoms with Crippen LogP contribution in [0.1, 0.15) is 46.5 Å². The molecule has 1 aliphatic heterocycles. The lowest BCUT2D eigenvalue weighted by Crippen LogP contribution is -2.61. The zero-order chi connectivity index (χ0) is 13.9. The molecule has 1 heterocycles. The Labute approximate surface area is 115 Å². The molecule has 0 aromatic heterocycles. The molecule has 0 aromatic rings. The standard InChI is InChI=1S/C15H26N2O2/c1-13(2)10-4-5-14(3,8-10)11(13)17-12(18)15(16)6-7-19-9-15/h10-11H,4-9,16H2,1-3H3,(H,17,18). The SMILES string of the molecule is CC12CCC(C1)C(C)(C)C2NC(=O)C1(N)CCOC1. The molecule has 3 fully saturated rings. The first-order valence-electron chi connectivity index (χ1n) is 7.46. The molecular weight excluding hydrogens is 240 g/mol. The van der Waals surface area contributed by atoms with Crippen molar-refractivity contribution in [1.29, 1.82) is 0 Å². The second kappa shape index (κ2) is 3.95. The second-order valence-electron chi connectivity index (χ2n) is 7.78. The summed E-state index contributed by atoms with van der Waals surface area (Å²) in [5.74, 6) is 0.716. The third-order valence-corrected chi connectivity index (χ3v) is 6.05. The van der Waals surface area contributed by atoms with Crippen molar-refractivity contribution in [2.75, 3.05) is 13.2 Å². The first kappa shape index (κ1) is 13.4. The minimum Gasteiger partial charge on any atom is -0.379 e. The quantitative estimate of drug-likeness (QED) is 0.795. The molecule has 1 saturated heterocycles. The normalized spacial score (nSPS) is 47.6. The Morgan fingerprint density at radius 1 is 1.32 bits per heavy atom. The number of amides is 1. The Bertz CT molecular complexity index is 396. The fourth-order valence-electron chi connectivity index (χ4n) is 4.70. The van der Waals surface area contributed by atoms with Gasteiger partial charge < -0.3 is 15.8 Å². The molecule has 4 heteroatoms. The number of ether oxygens (including phenoxy) is 1. The van der Waals surface area contributed by atoms with Gasteiger partial charge in [0.2, 0.25) is 5.91 Å². The van der Waals surface area contributed by atoms with Gasteiger partial charge in [0.25, 0.3) is 0 Å². The highest BCUT2D eigenvalue weighted by molar-refractivity contribution is 5.87. The molecule has 3 aliphatic rings. The molecule has 3 N–H and O–H groups in total. The number of nitrogens with two attached hydrogens (primary N) is 1. The van der Waals surface area contributed by atoms with Crippen LogP contribution in [0.5, 0.6) is 0 Å². The minimum absolute atomic E-state index is 0.0168. The van der Waals surface area contributed by atoms with Gasteiger partial charge in [0.1, 0.15) is 5.54 Å². The third kappa shape index (κ3) is 1.83. The van der Waals surface area contributed by atoms with E-state index < -0.39 is 5.54 Å². The van der Waals surface area contributed by atoms with Crippen LogP contribution in [0.3, 0.4) is 0 Å². The average Bonchev–Trinajstić information content (AvgIpc) is 2.96. The summed E-state index contributed by atoms with van der Waals surface area (Å²) in [4.78, 5) is 12.5. The number of hydrogen-bond donors (Lipinski definition) is 2. The van der Waals surface area contributed by atoms with Gasteiger partial charge in [-0.05, 0) is 42.4 Å². The predicted octanol–water partition coefficient (Wildman–Crippen LogP) is 1.44. The second-order valence-corrected chi connectivity index (χ2v) is 7.78. The van der Waals surface area contributed by atoms with Gasteiger partial charge in [-0.15, -0.1) is 0 Å². The van der Waals surface area contributed by atoms with Gasteiger partial charge in [-0.2, -0.15) is 0 Å². The summed E-state index contributed by atoms with van der Waals surface area (Å²) in [5, 5.41) is 3.28. The lowest BCUT2D eigenvalue weighted by Gasteiger charge is -2.44. The van der Waals surface area contributed by atoms with Crippen LogP contribution in [-0.4, -0.2) is 30.7 Å². The van der Waals surface area contributed by atoms with Crippen molar-refractivity contribution in [1.82, 2.24) is 5.32 Å². The number of nitrogens with one attached hydrogen (secondary N) is 1. The molecule has 4 atom stereocenters. The fourth-order valence-corrected chi connectivity index (χ4v) is 4.70. The van der Waals surface area contributed by atoms with E-state index in [4.69, 9.17) is 10.5 Å². The van der Waals surface area contributed by atoms with E-state index >= 15 is 0 Å². The molecule has 0 aromatic carbocycles. The van der Waals surface area contributed by atoms with Crippen molar-refractivity contribution in [3.63, 3.8) is 0 Å².